The van der Waals surface area contributed by atoms with Crippen molar-refractivity contribution in [2.24, 2.45) is 11.8 Å². The molecule has 4 nitrogen and oxygen atoms in total. The fraction of sp³-hybridized carbons (Fsp3) is 0.500. The van der Waals surface area contributed by atoms with Crippen LogP contribution in [0.1, 0.15) is 27.7 Å². The summed E-state index contributed by atoms with van der Waals surface area (Å²) >= 11 is 2.19. The SMILES string of the molecule is CC(C)CN(CC(C)C)C(=O)C(=O)Nc1ccc(I)cc1. The van der Waals surface area contributed by atoms with E-state index in [1.165, 1.54) is 0 Å². The van der Waals surface area contributed by atoms with Crippen LogP contribution < -0.4 is 5.32 Å². The first-order chi connectivity index (χ1) is 9.79. The van der Waals surface area contributed by atoms with E-state index < -0.39 is 11.8 Å². The Hall–Kier alpha value is -1.11. The zero-order valence-corrected chi connectivity index (χ0v) is 15.2. The van der Waals surface area contributed by atoms with Gasteiger partial charge in [-0.3, -0.25) is 9.59 Å². The van der Waals surface area contributed by atoms with E-state index in [2.05, 4.69) is 27.9 Å². The van der Waals surface area contributed by atoms with Crippen LogP contribution in [0.5, 0.6) is 0 Å². The third-order valence-electron chi connectivity index (χ3n) is 2.75. The summed E-state index contributed by atoms with van der Waals surface area (Å²) in [6.07, 6.45) is 0. The first kappa shape index (κ1) is 17.9. The number of anilines is 1. The highest BCUT2D eigenvalue weighted by molar-refractivity contribution is 14.1. The highest BCUT2D eigenvalue weighted by atomic mass is 127. The molecule has 1 N–H and O–H groups in total. The Morgan fingerprint density at radius 2 is 1.52 bits per heavy atom. The number of nitrogens with one attached hydrogen (secondary N) is 1. The summed E-state index contributed by atoms with van der Waals surface area (Å²) in [5.41, 5.74) is 0.641. The number of carbonyl (C=O) groups excluding carboxylic acids is 2. The van der Waals surface area contributed by atoms with Crippen LogP contribution in [0.15, 0.2) is 24.3 Å². The number of nitrogens with zero attached hydrogens (tertiary/aromatic N) is 1. The van der Waals surface area contributed by atoms with Crippen molar-refractivity contribution in [1.29, 1.82) is 0 Å². The van der Waals surface area contributed by atoms with E-state index in [4.69, 9.17) is 0 Å². The largest absolute Gasteiger partial charge is 0.334 e. The Labute approximate surface area is 140 Å². The van der Waals surface area contributed by atoms with Gasteiger partial charge in [0.1, 0.15) is 0 Å². The topological polar surface area (TPSA) is 49.4 Å². The molecule has 0 unspecified atom stereocenters. The molecule has 0 aliphatic rings. The fourth-order valence-corrected chi connectivity index (χ4v) is 2.34. The molecule has 116 valence electrons. The summed E-state index contributed by atoms with van der Waals surface area (Å²) in [6, 6.07) is 7.37. The molecule has 0 aliphatic carbocycles. The first-order valence-corrected chi connectivity index (χ1v) is 8.23. The molecule has 0 radical (unpaired) electrons. The van der Waals surface area contributed by atoms with Gasteiger partial charge in [0.15, 0.2) is 0 Å². The van der Waals surface area contributed by atoms with Crippen LogP contribution in [0.25, 0.3) is 0 Å². The molecule has 1 aromatic carbocycles. The van der Waals surface area contributed by atoms with Crippen molar-refractivity contribution in [2.75, 3.05) is 18.4 Å². The molecule has 1 rings (SSSR count). The second-order valence-corrected chi connectivity index (χ2v) is 7.20. The third kappa shape index (κ3) is 6.46. The lowest BCUT2D eigenvalue weighted by atomic mass is 10.1. The lowest BCUT2D eigenvalue weighted by molar-refractivity contribution is -0.143. The molecule has 0 saturated carbocycles. The zero-order chi connectivity index (χ0) is 16.0. The van der Waals surface area contributed by atoms with Crippen molar-refractivity contribution in [2.45, 2.75) is 27.7 Å². The van der Waals surface area contributed by atoms with E-state index in [0.29, 0.717) is 30.6 Å². The minimum atomic E-state index is -0.572. The lowest BCUT2D eigenvalue weighted by Crippen LogP contribution is -2.43. The lowest BCUT2D eigenvalue weighted by Gasteiger charge is -2.25. The first-order valence-electron chi connectivity index (χ1n) is 7.15. The molecule has 0 saturated heterocycles. The summed E-state index contributed by atoms with van der Waals surface area (Å²) in [6.45, 7) is 9.35. The predicted octanol–water partition coefficient (Wildman–Crippen LogP) is 3.37. The van der Waals surface area contributed by atoms with Crippen molar-refractivity contribution in [3.63, 3.8) is 0 Å². The average molecular weight is 402 g/mol. The number of rotatable bonds is 5. The van der Waals surface area contributed by atoms with Gasteiger partial charge in [-0.25, -0.2) is 0 Å². The number of hydrogen-bond acceptors (Lipinski definition) is 2. The molecule has 0 bridgehead atoms. The van der Waals surface area contributed by atoms with Gasteiger partial charge >= 0.3 is 11.8 Å². The molecule has 0 spiro atoms. The van der Waals surface area contributed by atoms with Gasteiger partial charge in [-0.15, -0.1) is 0 Å². The summed E-state index contributed by atoms with van der Waals surface area (Å²) < 4.78 is 1.08. The quantitative estimate of drug-likeness (QED) is 0.607. The molecule has 0 aromatic heterocycles. The van der Waals surface area contributed by atoms with E-state index >= 15 is 0 Å². The van der Waals surface area contributed by atoms with E-state index in [0.717, 1.165) is 3.57 Å². The van der Waals surface area contributed by atoms with Crippen LogP contribution in [-0.4, -0.2) is 29.8 Å². The van der Waals surface area contributed by atoms with Crippen LogP contribution >= 0.6 is 22.6 Å². The van der Waals surface area contributed by atoms with E-state index in [-0.39, 0.29) is 0 Å². The predicted molar refractivity (Wildman–Crippen MR) is 94.0 cm³/mol. The van der Waals surface area contributed by atoms with Crippen LogP contribution in [0.2, 0.25) is 0 Å². The van der Waals surface area contributed by atoms with Crippen molar-refractivity contribution in [3.05, 3.63) is 27.8 Å². The van der Waals surface area contributed by atoms with Gasteiger partial charge in [-0.1, -0.05) is 27.7 Å². The molecule has 21 heavy (non-hydrogen) atoms. The highest BCUT2D eigenvalue weighted by Gasteiger charge is 2.23. The van der Waals surface area contributed by atoms with Gasteiger partial charge in [0.2, 0.25) is 0 Å². The van der Waals surface area contributed by atoms with Gasteiger partial charge in [0, 0.05) is 22.3 Å². The molecular weight excluding hydrogens is 379 g/mol. The molecule has 2 amide bonds. The van der Waals surface area contributed by atoms with Crippen LogP contribution in [0.4, 0.5) is 5.69 Å². The zero-order valence-electron chi connectivity index (χ0n) is 13.0. The van der Waals surface area contributed by atoms with Crippen LogP contribution in [-0.2, 0) is 9.59 Å². The molecule has 5 heteroatoms. The Morgan fingerprint density at radius 1 is 1.05 bits per heavy atom. The second kappa shape index (κ2) is 8.36. The number of benzene rings is 1. The van der Waals surface area contributed by atoms with E-state index in [1.807, 2.05) is 39.8 Å². The van der Waals surface area contributed by atoms with Gasteiger partial charge < -0.3 is 10.2 Å². The van der Waals surface area contributed by atoms with Gasteiger partial charge in [0.25, 0.3) is 0 Å². The van der Waals surface area contributed by atoms with E-state index in [9.17, 15) is 9.59 Å². The maximum Gasteiger partial charge on any atom is 0.313 e. The standard InChI is InChI=1S/C16H23IN2O2/c1-11(2)9-19(10-12(3)4)16(21)15(20)18-14-7-5-13(17)6-8-14/h5-8,11-12H,9-10H2,1-4H3,(H,18,20). The van der Waals surface area contributed by atoms with Gasteiger partial charge in [-0.2, -0.15) is 0 Å². The molecule has 0 fully saturated rings. The maximum atomic E-state index is 12.3. The van der Waals surface area contributed by atoms with Gasteiger partial charge in [0.05, 0.1) is 0 Å². The molecule has 1 aromatic rings. The number of hydrogen-bond donors (Lipinski definition) is 1. The number of carbonyl (C=O) groups is 2. The highest BCUT2D eigenvalue weighted by Crippen LogP contribution is 2.12. The molecule has 0 atom stereocenters. The number of amides is 2. The minimum Gasteiger partial charge on any atom is -0.334 e. The third-order valence-corrected chi connectivity index (χ3v) is 3.47. The summed E-state index contributed by atoms with van der Waals surface area (Å²) in [4.78, 5) is 26.0. The average Bonchev–Trinajstić information content (AvgIpc) is 2.38. The Balaban J connectivity index is 2.72. The van der Waals surface area contributed by atoms with Crippen LogP contribution in [0, 0.1) is 15.4 Å². The molecule has 0 heterocycles. The fourth-order valence-electron chi connectivity index (χ4n) is 1.98. The van der Waals surface area contributed by atoms with Gasteiger partial charge in [-0.05, 0) is 58.7 Å². The summed E-state index contributed by atoms with van der Waals surface area (Å²) in [5, 5.41) is 2.66. The monoisotopic (exact) mass is 402 g/mol. The molecular formula is C16H23IN2O2. The Morgan fingerprint density at radius 3 is 1.95 bits per heavy atom. The normalized spacial score (nSPS) is 10.8. The number of halogens is 1. The van der Waals surface area contributed by atoms with Crippen molar-refractivity contribution in [3.8, 4) is 0 Å². The maximum absolute atomic E-state index is 12.3. The smallest absolute Gasteiger partial charge is 0.313 e. The Kier molecular flexibility index (Phi) is 7.14. The summed E-state index contributed by atoms with van der Waals surface area (Å²) in [5.74, 6) is -0.369. The van der Waals surface area contributed by atoms with Crippen molar-refractivity contribution >= 4 is 40.1 Å². The van der Waals surface area contributed by atoms with Crippen molar-refractivity contribution < 1.29 is 9.59 Å². The molecule has 0 aliphatic heterocycles. The van der Waals surface area contributed by atoms with E-state index in [1.54, 1.807) is 17.0 Å². The van der Waals surface area contributed by atoms with Crippen LogP contribution in [0.3, 0.4) is 0 Å². The Bertz CT molecular complexity index is 474. The minimum absolute atomic E-state index is 0.332. The van der Waals surface area contributed by atoms with Crippen molar-refractivity contribution in [1.82, 2.24) is 4.90 Å². The second-order valence-electron chi connectivity index (χ2n) is 5.96. The summed E-state index contributed by atoms with van der Waals surface area (Å²) in [7, 11) is 0.